The van der Waals surface area contributed by atoms with Crippen LogP contribution in [0.5, 0.6) is 5.88 Å². The fraction of sp³-hybridized carbons (Fsp3) is 0.435. The highest BCUT2D eigenvalue weighted by molar-refractivity contribution is 5.94. The summed E-state index contributed by atoms with van der Waals surface area (Å²) in [6, 6.07) is 10.9. The molecule has 2 fully saturated rings. The van der Waals surface area contributed by atoms with Crippen molar-refractivity contribution < 1.29 is 19.0 Å². The fourth-order valence-electron chi connectivity index (χ4n) is 3.68. The lowest BCUT2D eigenvalue weighted by molar-refractivity contribution is 0.0320. The Bertz CT molecular complexity index is 958. The Labute approximate surface area is 193 Å². The monoisotopic (exact) mass is 454 g/mol. The van der Waals surface area contributed by atoms with Crippen molar-refractivity contribution in [3.63, 3.8) is 0 Å². The molecule has 0 bridgehead atoms. The number of hydrogen-bond donors (Lipinski definition) is 2. The van der Waals surface area contributed by atoms with Crippen LogP contribution in [-0.4, -0.2) is 87.8 Å². The molecule has 0 unspecified atom stereocenters. The van der Waals surface area contributed by atoms with Crippen LogP contribution in [-0.2, 0) is 9.47 Å². The number of rotatable bonds is 9. The van der Waals surface area contributed by atoms with Gasteiger partial charge in [0.15, 0.2) is 5.82 Å². The molecule has 1 amide bonds. The van der Waals surface area contributed by atoms with E-state index >= 15 is 0 Å². The molecular formula is C23H30N6O4. The number of nitrogens with two attached hydrogens (primary N) is 1. The number of hydrogen-bond acceptors (Lipinski definition) is 9. The quantitative estimate of drug-likeness (QED) is 0.429. The molecule has 0 atom stereocenters. The van der Waals surface area contributed by atoms with Crippen LogP contribution in [0.15, 0.2) is 41.5 Å². The number of amides is 1. The van der Waals surface area contributed by atoms with Gasteiger partial charge in [-0.3, -0.25) is 15.1 Å². The number of benzene rings is 1. The molecule has 1 aromatic heterocycles. The molecule has 10 nitrogen and oxygen atoms in total. The molecule has 10 heteroatoms. The van der Waals surface area contributed by atoms with Gasteiger partial charge in [-0.1, -0.05) is 12.1 Å². The summed E-state index contributed by atoms with van der Waals surface area (Å²) in [7, 11) is 0. The largest absolute Gasteiger partial charge is 0.476 e. The van der Waals surface area contributed by atoms with E-state index in [1.54, 1.807) is 24.4 Å². The molecule has 176 valence electrons. The number of carbonyl (C=O) groups is 1. The van der Waals surface area contributed by atoms with Gasteiger partial charge in [0.1, 0.15) is 6.61 Å². The molecule has 33 heavy (non-hydrogen) atoms. The first-order chi connectivity index (χ1) is 16.2. The number of ether oxygens (including phenoxy) is 3. The lowest BCUT2D eigenvalue weighted by atomic mass is 10.1. The van der Waals surface area contributed by atoms with E-state index < -0.39 is 5.91 Å². The van der Waals surface area contributed by atoms with Gasteiger partial charge >= 0.3 is 0 Å². The Morgan fingerprint density at radius 3 is 2.64 bits per heavy atom. The topological polar surface area (TPSA) is 115 Å². The molecule has 0 spiro atoms. The van der Waals surface area contributed by atoms with Gasteiger partial charge in [0.05, 0.1) is 32.6 Å². The van der Waals surface area contributed by atoms with Crippen molar-refractivity contribution in [3.8, 4) is 5.88 Å². The van der Waals surface area contributed by atoms with E-state index in [9.17, 15) is 4.79 Å². The number of nitrogens with one attached hydrogen (secondary N) is 1. The van der Waals surface area contributed by atoms with Crippen molar-refractivity contribution >= 4 is 23.6 Å². The van der Waals surface area contributed by atoms with Crippen LogP contribution < -0.4 is 20.8 Å². The van der Waals surface area contributed by atoms with Gasteiger partial charge in [0.2, 0.25) is 11.8 Å². The van der Waals surface area contributed by atoms with Crippen LogP contribution in [0, 0.1) is 0 Å². The lowest BCUT2D eigenvalue weighted by Gasteiger charge is -2.29. The van der Waals surface area contributed by atoms with E-state index in [1.807, 2.05) is 18.2 Å². The molecule has 2 saturated heterocycles. The van der Waals surface area contributed by atoms with E-state index in [4.69, 9.17) is 19.9 Å². The second-order valence-corrected chi connectivity index (χ2v) is 7.81. The normalized spacial score (nSPS) is 17.3. The van der Waals surface area contributed by atoms with Gasteiger partial charge in [-0.05, 0) is 17.7 Å². The summed E-state index contributed by atoms with van der Waals surface area (Å²) in [5.74, 6) is 0.639. The number of morpholine rings is 2. The average Bonchev–Trinajstić information content (AvgIpc) is 2.85. The second-order valence-electron chi connectivity index (χ2n) is 7.81. The van der Waals surface area contributed by atoms with Gasteiger partial charge in [0.25, 0.3) is 0 Å². The Morgan fingerprint density at radius 1 is 1.12 bits per heavy atom. The summed E-state index contributed by atoms with van der Waals surface area (Å²) in [6.07, 6.45) is 1.62. The number of aromatic nitrogens is 1. The third kappa shape index (κ3) is 6.88. The number of primary amides is 1. The van der Waals surface area contributed by atoms with Crippen molar-refractivity contribution in [1.29, 1.82) is 0 Å². The van der Waals surface area contributed by atoms with Gasteiger partial charge in [-0.15, -0.1) is 0 Å². The van der Waals surface area contributed by atoms with Crippen molar-refractivity contribution in [1.82, 2.24) is 9.88 Å². The van der Waals surface area contributed by atoms with Gasteiger partial charge < -0.3 is 24.8 Å². The minimum atomic E-state index is -0.475. The summed E-state index contributed by atoms with van der Waals surface area (Å²) in [5.41, 5.74) is 10.5. The fourth-order valence-corrected chi connectivity index (χ4v) is 3.68. The number of nitrogens with zero attached hydrogens (tertiary/aromatic N) is 4. The Kier molecular flexibility index (Phi) is 8.07. The highest BCUT2D eigenvalue weighted by Gasteiger charge is 2.15. The molecule has 4 rings (SSSR count). The molecule has 2 aliphatic rings. The molecular weight excluding hydrogens is 424 g/mol. The zero-order valence-electron chi connectivity index (χ0n) is 18.6. The first-order valence-electron chi connectivity index (χ1n) is 11.1. The maximum atomic E-state index is 11.4. The highest BCUT2D eigenvalue weighted by atomic mass is 16.5. The van der Waals surface area contributed by atoms with Gasteiger partial charge in [-0.2, -0.15) is 10.1 Å². The smallest absolute Gasteiger partial charge is 0.248 e. The summed E-state index contributed by atoms with van der Waals surface area (Å²) in [4.78, 5) is 20.5. The minimum absolute atomic E-state index is 0.433. The molecule has 2 aliphatic heterocycles. The maximum Gasteiger partial charge on any atom is 0.248 e. The van der Waals surface area contributed by atoms with Gasteiger partial charge in [-0.25, -0.2) is 0 Å². The summed E-state index contributed by atoms with van der Waals surface area (Å²) < 4.78 is 16.9. The third-order valence-corrected chi connectivity index (χ3v) is 5.49. The molecule has 1 aromatic carbocycles. The van der Waals surface area contributed by atoms with Crippen LogP contribution in [0.4, 0.5) is 11.5 Å². The van der Waals surface area contributed by atoms with Crippen LogP contribution in [0.1, 0.15) is 15.9 Å². The Hall–Kier alpha value is -3.21. The maximum absolute atomic E-state index is 11.4. The van der Waals surface area contributed by atoms with Gasteiger partial charge in [0, 0.05) is 56.1 Å². The molecule has 3 N–H and O–H groups in total. The summed E-state index contributed by atoms with van der Waals surface area (Å²) in [5, 5.41) is 4.28. The summed E-state index contributed by atoms with van der Waals surface area (Å²) in [6.45, 7) is 7.72. The van der Waals surface area contributed by atoms with E-state index in [2.05, 4.69) is 25.3 Å². The Balaban J connectivity index is 1.43. The first-order valence-corrected chi connectivity index (χ1v) is 11.1. The standard InChI is InChI=1S/C23H30N6O4/c24-23(30)19-3-1-2-18(14-19)17-25-27-21-15-20(29-7-11-32-12-8-29)16-22(26-21)33-13-6-28-4-9-31-10-5-28/h1-3,14-17H,4-13H2,(H2,24,30)(H,26,27). The zero-order valence-corrected chi connectivity index (χ0v) is 18.6. The number of hydrazone groups is 1. The van der Waals surface area contributed by atoms with Crippen LogP contribution in [0.25, 0.3) is 0 Å². The highest BCUT2D eigenvalue weighted by Crippen LogP contribution is 2.25. The number of pyridine rings is 1. The van der Waals surface area contributed by atoms with Crippen LogP contribution in [0.3, 0.4) is 0 Å². The molecule has 2 aromatic rings. The molecule has 0 radical (unpaired) electrons. The van der Waals surface area contributed by atoms with Crippen LogP contribution >= 0.6 is 0 Å². The van der Waals surface area contributed by atoms with Crippen molar-refractivity contribution in [3.05, 3.63) is 47.5 Å². The van der Waals surface area contributed by atoms with Crippen LogP contribution in [0.2, 0.25) is 0 Å². The number of anilines is 2. The van der Waals surface area contributed by atoms with Crippen molar-refractivity contribution in [2.24, 2.45) is 10.8 Å². The van der Waals surface area contributed by atoms with E-state index in [1.165, 1.54) is 0 Å². The van der Waals surface area contributed by atoms with Crippen molar-refractivity contribution in [2.45, 2.75) is 0 Å². The lowest BCUT2D eigenvalue weighted by Crippen LogP contribution is -2.38. The first kappa shape index (κ1) is 23.0. The van der Waals surface area contributed by atoms with Crippen molar-refractivity contribution in [2.75, 3.05) is 76.1 Å². The SMILES string of the molecule is NC(=O)c1cccc(C=NNc2cc(N3CCOCC3)cc(OCCN3CCOCC3)n2)c1. The van der Waals surface area contributed by atoms with E-state index in [-0.39, 0.29) is 0 Å². The predicted octanol–water partition coefficient (Wildman–Crippen LogP) is 1.17. The summed E-state index contributed by atoms with van der Waals surface area (Å²) >= 11 is 0. The number of carbonyl (C=O) groups excluding carboxylic acids is 1. The van der Waals surface area contributed by atoms with E-state index in [0.717, 1.165) is 57.2 Å². The predicted molar refractivity (Wildman–Crippen MR) is 126 cm³/mol. The van der Waals surface area contributed by atoms with E-state index in [0.29, 0.717) is 37.1 Å². The third-order valence-electron chi connectivity index (χ3n) is 5.49. The second kappa shape index (κ2) is 11.6. The Morgan fingerprint density at radius 2 is 1.88 bits per heavy atom. The molecule has 3 heterocycles. The minimum Gasteiger partial charge on any atom is -0.476 e. The molecule has 0 saturated carbocycles. The zero-order chi connectivity index (χ0) is 22.9. The average molecular weight is 455 g/mol. The molecule has 0 aliphatic carbocycles.